The Morgan fingerprint density at radius 3 is 3.00 bits per heavy atom. The highest BCUT2D eigenvalue weighted by atomic mass is 127. The molecular formula is C13H19IN2. The first-order valence-electron chi connectivity index (χ1n) is 6.04. The molecule has 0 amide bonds. The lowest BCUT2D eigenvalue weighted by Crippen LogP contribution is -2.50. The lowest BCUT2D eigenvalue weighted by Gasteiger charge is -2.35. The van der Waals surface area contributed by atoms with E-state index in [0.29, 0.717) is 6.04 Å². The van der Waals surface area contributed by atoms with E-state index in [1.54, 1.807) is 0 Å². The van der Waals surface area contributed by atoms with Crippen molar-refractivity contribution in [1.82, 2.24) is 5.32 Å². The number of hydrogen-bond acceptors (Lipinski definition) is 2. The molecule has 1 aliphatic rings. The second-order valence-electron chi connectivity index (χ2n) is 4.34. The Hall–Kier alpha value is -0.290. The molecule has 0 bridgehead atoms. The molecule has 0 radical (unpaired) electrons. The van der Waals surface area contributed by atoms with Crippen LogP contribution in [0.4, 0.5) is 5.69 Å². The van der Waals surface area contributed by atoms with Crippen LogP contribution < -0.4 is 10.2 Å². The zero-order valence-corrected chi connectivity index (χ0v) is 11.9. The van der Waals surface area contributed by atoms with E-state index < -0.39 is 0 Å². The standard InChI is InChI=1S/C13H19IN2/c1-2-5-11-10-16(9-8-15-11)13-7-4-3-6-12(13)14/h3-4,6-7,11,15H,2,5,8-10H2,1H3. The third kappa shape index (κ3) is 2.88. The van der Waals surface area contributed by atoms with Gasteiger partial charge in [-0.25, -0.2) is 0 Å². The molecule has 1 aliphatic heterocycles. The van der Waals surface area contributed by atoms with E-state index in [0.717, 1.165) is 19.6 Å². The molecule has 0 aliphatic carbocycles. The topological polar surface area (TPSA) is 15.3 Å². The molecule has 0 aromatic heterocycles. The van der Waals surface area contributed by atoms with Gasteiger partial charge in [0.15, 0.2) is 0 Å². The largest absolute Gasteiger partial charge is 0.368 e. The van der Waals surface area contributed by atoms with Gasteiger partial charge in [-0.1, -0.05) is 25.5 Å². The molecule has 1 aromatic carbocycles. The van der Waals surface area contributed by atoms with Gasteiger partial charge in [0, 0.05) is 29.2 Å². The molecule has 1 atom stereocenters. The first-order valence-corrected chi connectivity index (χ1v) is 7.12. The minimum atomic E-state index is 0.662. The normalized spacial score (nSPS) is 21.1. The van der Waals surface area contributed by atoms with Gasteiger partial charge in [0.05, 0.1) is 5.69 Å². The summed E-state index contributed by atoms with van der Waals surface area (Å²) in [6.45, 7) is 5.64. The highest BCUT2D eigenvalue weighted by Crippen LogP contribution is 2.23. The summed E-state index contributed by atoms with van der Waals surface area (Å²) in [4.78, 5) is 2.51. The average Bonchev–Trinajstić information content (AvgIpc) is 2.30. The monoisotopic (exact) mass is 330 g/mol. The van der Waals surface area contributed by atoms with Crippen LogP contribution in [0, 0.1) is 3.57 Å². The van der Waals surface area contributed by atoms with Crippen molar-refractivity contribution >= 4 is 28.3 Å². The molecule has 1 unspecified atom stereocenters. The Bertz CT molecular complexity index is 338. The molecule has 1 aromatic rings. The Labute approximate surface area is 112 Å². The number of rotatable bonds is 3. The predicted octanol–water partition coefficient (Wildman–Crippen LogP) is 2.87. The maximum absolute atomic E-state index is 3.60. The number of halogens is 1. The summed E-state index contributed by atoms with van der Waals surface area (Å²) in [7, 11) is 0. The van der Waals surface area contributed by atoms with Crippen LogP contribution in [0.2, 0.25) is 0 Å². The molecule has 1 fully saturated rings. The minimum Gasteiger partial charge on any atom is -0.368 e. The molecular weight excluding hydrogens is 311 g/mol. The number of nitrogens with zero attached hydrogens (tertiary/aromatic N) is 1. The molecule has 1 heterocycles. The number of piperazine rings is 1. The summed E-state index contributed by atoms with van der Waals surface area (Å²) in [5.74, 6) is 0. The van der Waals surface area contributed by atoms with Gasteiger partial charge < -0.3 is 10.2 Å². The average molecular weight is 330 g/mol. The van der Waals surface area contributed by atoms with Crippen LogP contribution >= 0.6 is 22.6 Å². The fourth-order valence-electron chi connectivity index (χ4n) is 2.29. The zero-order chi connectivity index (χ0) is 11.4. The quantitative estimate of drug-likeness (QED) is 0.858. The van der Waals surface area contributed by atoms with Gasteiger partial charge in [0.25, 0.3) is 0 Å². The SMILES string of the molecule is CCCC1CN(c2ccccc2I)CCN1. The molecule has 2 nitrogen and oxygen atoms in total. The van der Waals surface area contributed by atoms with E-state index in [1.165, 1.54) is 22.1 Å². The van der Waals surface area contributed by atoms with Gasteiger partial charge in [0.1, 0.15) is 0 Å². The fraction of sp³-hybridized carbons (Fsp3) is 0.538. The molecule has 2 rings (SSSR count). The highest BCUT2D eigenvalue weighted by Gasteiger charge is 2.19. The summed E-state index contributed by atoms with van der Waals surface area (Å²) in [6.07, 6.45) is 2.54. The first kappa shape index (κ1) is 12.2. The van der Waals surface area contributed by atoms with Crippen molar-refractivity contribution in [3.63, 3.8) is 0 Å². The van der Waals surface area contributed by atoms with Crippen molar-refractivity contribution in [1.29, 1.82) is 0 Å². The maximum atomic E-state index is 3.60. The minimum absolute atomic E-state index is 0.662. The number of benzene rings is 1. The number of anilines is 1. The molecule has 88 valence electrons. The number of nitrogens with one attached hydrogen (secondary N) is 1. The van der Waals surface area contributed by atoms with Gasteiger partial charge in [-0.15, -0.1) is 0 Å². The van der Waals surface area contributed by atoms with Gasteiger partial charge in [-0.3, -0.25) is 0 Å². The van der Waals surface area contributed by atoms with Gasteiger partial charge in [-0.05, 0) is 41.1 Å². The van der Waals surface area contributed by atoms with Crippen molar-refractivity contribution in [3.05, 3.63) is 27.8 Å². The van der Waals surface area contributed by atoms with Gasteiger partial charge >= 0.3 is 0 Å². The Morgan fingerprint density at radius 1 is 1.44 bits per heavy atom. The summed E-state index contributed by atoms with van der Waals surface area (Å²) in [6, 6.07) is 9.32. The second-order valence-corrected chi connectivity index (χ2v) is 5.50. The smallest absolute Gasteiger partial charge is 0.0502 e. The molecule has 1 N–H and O–H groups in total. The van der Waals surface area contributed by atoms with Crippen molar-refractivity contribution < 1.29 is 0 Å². The summed E-state index contributed by atoms with van der Waals surface area (Å²) in [5, 5.41) is 3.60. The molecule has 0 spiro atoms. The number of para-hydroxylation sites is 1. The Kier molecular flexibility index (Phi) is 4.46. The maximum Gasteiger partial charge on any atom is 0.0502 e. The van der Waals surface area contributed by atoms with Crippen molar-refractivity contribution in [2.24, 2.45) is 0 Å². The molecule has 1 saturated heterocycles. The summed E-state index contributed by atoms with van der Waals surface area (Å²) >= 11 is 2.43. The van der Waals surface area contributed by atoms with Crippen LogP contribution in [0.5, 0.6) is 0 Å². The van der Waals surface area contributed by atoms with E-state index in [9.17, 15) is 0 Å². The second kappa shape index (κ2) is 5.87. The highest BCUT2D eigenvalue weighted by molar-refractivity contribution is 14.1. The Balaban J connectivity index is 2.07. The summed E-state index contributed by atoms with van der Waals surface area (Å²) < 4.78 is 1.36. The molecule has 0 saturated carbocycles. The van der Waals surface area contributed by atoms with Gasteiger partial charge in [0.2, 0.25) is 0 Å². The van der Waals surface area contributed by atoms with E-state index in [1.807, 2.05) is 0 Å². The predicted molar refractivity (Wildman–Crippen MR) is 78.1 cm³/mol. The molecule has 3 heteroatoms. The van der Waals surface area contributed by atoms with Crippen LogP contribution in [0.1, 0.15) is 19.8 Å². The fourth-order valence-corrected chi connectivity index (χ4v) is 3.02. The van der Waals surface area contributed by atoms with Crippen LogP contribution in [-0.4, -0.2) is 25.7 Å². The third-order valence-electron chi connectivity index (χ3n) is 3.09. The first-order chi connectivity index (χ1) is 7.81. The van der Waals surface area contributed by atoms with E-state index >= 15 is 0 Å². The van der Waals surface area contributed by atoms with Crippen molar-refractivity contribution in [3.8, 4) is 0 Å². The van der Waals surface area contributed by atoms with Gasteiger partial charge in [-0.2, -0.15) is 0 Å². The number of hydrogen-bond donors (Lipinski definition) is 1. The van der Waals surface area contributed by atoms with E-state index in [4.69, 9.17) is 0 Å². The van der Waals surface area contributed by atoms with Crippen LogP contribution in [0.15, 0.2) is 24.3 Å². The van der Waals surface area contributed by atoms with E-state index in [2.05, 4.69) is 64.0 Å². The third-order valence-corrected chi connectivity index (χ3v) is 4.00. The summed E-state index contributed by atoms with van der Waals surface area (Å²) in [5.41, 5.74) is 1.39. The Morgan fingerprint density at radius 2 is 2.25 bits per heavy atom. The zero-order valence-electron chi connectivity index (χ0n) is 9.75. The van der Waals surface area contributed by atoms with Crippen LogP contribution in [0.25, 0.3) is 0 Å². The van der Waals surface area contributed by atoms with Crippen LogP contribution in [-0.2, 0) is 0 Å². The van der Waals surface area contributed by atoms with E-state index in [-0.39, 0.29) is 0 Å². The molecule has 16 heavy (non-hydrogen) atoms. The van der Waals surface area contributed by atoms with Crippen LogP contribution in [0.3, 0.4) is 0 Å². The van der Waals surface area contributed by atoms with Crippen molar-refractivity contribution in [2.75, 3.05) is 24.5 Å². The lowest BCUT2D eigenvalue weighted by atomic mass is 10.1. The lowest BCUT2D eigenvalue weighted by molar-refractivity contribution is 0.430. The van der Waals surface area contributed by atoms with Crippen molar-refractivity contribution in [2.45, 2.75) is 25.8 Å².